The Hall–Kier alpha value is -2.04. The molecule has 0 bridgehead atoms. The summed E-state index contributed by atoms with van der Waals surface area (Å²) in [6.45, 7) is 11.6. The SMILES string of the molecule is CCCC1CCC[C@H](NC(=O)OC(C)(C)C)C(=O)OC(C)C1.Cc1ccccc1. The Morgan fingerprint density at radius 2 is 1.86 bits per heavy atom. The maximum Gasteiger partial charge on any atom is 0.408 e. The molecule has 29 heavy (non-hydrogen) atoms. The molecule has 0 radical (unpaired) electrons. The molecule has 1 N–H and O–H groups in total. The van der Waals surface area contributed by atoms with Gasteiger partial charge in [-0.05, 0) is 53.4 Å². The third kappa shape index (κ3) is 11.5. The van der Waals surface area contributed by atoms with Gasteiger partial charge in [-0.3, -0.25) is 0 Å². The molecule has 1 aliphatic rings. The standard InChI is InChI=1S/C17H31NO4.C7H8/c1-6-8-13-9-7-10-14(15(19)21-12(2)11-13)18-16(20)22-17(3,4)5;1-7-5-3-2-4-6-7/h12-14H,6-11H2,1-5H3,(H,18,20);2-6H,1H3/t12?,13?,14-;/m0./s1. The largest absolute Gasteiger partial charge is 0.461 e. The zero-order valence-corrected chi connectivity index (χ0v) is 19.0. The number of benzene rings is 1. The highest BCUT2D eigenvalue weighted by molar-refractivity contribution is 5.81. The molecule has 164 valence electrons. The fraction of sp³-hybridized carbons (Fsp3) is 0.667. The van der Waals surface area contributed by atoms with Gasteiger partial charge in [-0.2, -0.15) is 0 Å². The second-order valence-corrected chi connectivity index (χ2v) is 8.92. The summed E-state index contributed by atoms with van der Waals surface area (Å²) in [7, 11) is 0. The Balaban J connectivity index is 0.000000502. The first-order valence-electron chi connectivity index (χ1n) is 10.8. The lowest BCUT2D eigenvalue weighted by molar-refractivity contribution is -0.151. The summed E-state index contributed by atoms with van der Waals surface area (Å²) in [5, 5.41) is 2.65. The third-order valence-electron chi connectivity index (χ3n) is 4.70. The van der Waals surface area contributed by atoms with Crippen molar-refractivity contribution in [1.29, 1.82) is 0 Å². The zero-order valence-electron chi connectivity index (χ0n) is 19.0. The first kappa shape index (κ1) is 25.0. The van der Waals surface area contributed by atoms with Crippen LogP contribution in [0.15, 0.2) is 30.3 Å². The summed E-state index contributed by atoms with van der Waals surface area (Å²) in [4.78, 5) is 24.1. The van der Waals surface area contributed by atoms with Crippen molar-refractivity contribution in [3.05, 3.63) is 35.9 Å². The molecule has 1 aliphatic heterocycles. The summed E-state index contributed by atoms with van der Waals surface area (Å²) < 4.78 is 10.7. The first-order chi connectivity index (χ1) is 13.6. The van der Waals surface area contributed by atoms with Crippen molar-refractivity contribution in [2.45, 2.75) is 97.8 Å². The minimum Gasteiger partial charge on any atom is -0.461 e. The van der Waals surface area contributed by atoms with Crippen LogP contribution in [-0.2, 0) is 14.3 Å². The maximum atomic E-state index is 12.2. The van der Waals surface area contributed by atoms with Gasteiger partial charge < -0.3 is 14.8 Å². The Kier molecular flexibility index (Phi) is 10.8. The van der Waals surface area contributed by atoms with Gasteiger partial charge in [0.1, 0.15) is 11.6 Å². The Bertz CT molecular complexity index is 609. The summed E-state index contributed by atoms with van der Waals surface area (Å²) in [5.41, 5.74) is 0.744. The molecule has 1 saturated heterocycles. The van der Waals surface area contributed by atoms with E-state index in [0.29, 0.717) is 12.3 Å². The summed E-state index contributed by atoms with van der Waals surface area (Å²) >= 11 is 0. The highest BCUT2D eigenvalue weighted by atomic mass is 16.6. The summed E-state index contributed by atoms with van der Waals surface area (Å²) in [6, 6.07) is 9.65. The molecule has 0 aromatic heterocycles. The topological polar surface area (TPSA) is 64.6 Å². The lowest BCUT2D eigenvalue weighted by atomic mass is 9.91. The molecule has 0 saturated carbocycles. The van der Waals surface area contributed by atoms with Gasteiger partial charge in [0.15, 0.2) is 0 Å². The number of hydrogen-bond donors (Lipinski definition) is 1. The van der Waals surface area contributed by atoms with Gasteiger partial charge in [0.05, 0.1) is 6.10 Å². The molecule has 0 spiro atoms. The van der Waals surface area contributed by atoms with Crippen LogP contribution >= 0.6 is 0 Å². The first-order valence-corrected chi connectivity index (χ1v) is 10.8. The number of esters is 1. The third-order valence-corrected chi connectivity index (χ3v) is 4.70. The number of carbonyl (C=O) groups excluding carboxylic acids is 2. The number of alkyl carbamates (subject to hydrolysis) is 1. The Morgan fingerprint density at radius 3 is 2.38 bits per heavy atom. The normalized spacial score (nSPS) is 22.7. The predicted molar refractivity (Wildman–Crippen MR) is 117 cm³/mol. The second-order valence-electron chi connectivity index (χ2n) is 8.92. The highest BCUT2D eigenvalue weighted by Crippen LogP contribution is 2.24. The van der Waals surface area contributed by atoms with Gasteiger partial charge in [-0.25, -0.2) is 9.59 Å². The van der Waals surface area contributed by atoms with Crippen LogP contribution in [0.1, 0.15) is 78.7 Å². The van der Waals surface area contributed by atoms with E-state index in [4.69, 9.17) is 9.47 Å². The maximum absolute atomic E-state index is 12.2. The molecule has 1 amide bonds. The fourth-order valence-electron chi connectivity index (χ4n) is 3.43. The highest BCUT2D eigenvalue weighted by Gasteiger charge is 2.28. The Labute approximate surface area is 176 Å². The number of carbonyl (C=O) groups is 2. The monoisotopic (exact) mass is 405 g/mol. The van der Waals surface area contributed by atoms with E-state index in [1.165, 1.54) is 5.56 Å². The van der Waals surface area contributed by atoms with Crippen LogP contribution in [0.5, 0.6) is 0 Å². The van der Waals surface area contributed by atoms with E-state index in [9.17, 15) is 9.59 Å². The number of nitrogens with one attached hydrogen (secondary N) is 1. The van der Waals surface area contributed by atoms with Crippen LogP contribution in [0.4, 0.5) is 4.79 Å². The molecule has 2 unspecified atom stereocenters. The van der Waals surface area contributed by atoms with Crippen molar-refractivity contribution in [2.75, 3.05) is 0 Å². The minimum atomic E-state index is -0.613. The van der Waals surface area contributed by atoms with E-state index in [1.54, 1.807) is 20.8 Å². The van der Waals surface area contributed by atoms with Gasteiger partial charge in [-0.1, -0.05) is 68.5 Å². The van der Waals surface area contributed by atoms with Crippen molar-refractivity contribution in [2.24, 2.45) is 5.92 Å². The second kappa shape index (κ2) is 12.5. The molecule has 0 aliphatic carbocycles. The number of rotatable bonds is 3. The van der Waals surface area contributed by atoms with Crippen LogP contribution in [-0.4, -0.2) is 29.8 Å². The van der Waals surface area contributed by atoms with Gasteiger partial charge in [0, 0.05) is 0 Å². The minimum absolute atomic E-state index is 0.106. The quantitative estimate of drug-likeness (QED) is 0.646. The lowest BCUT2D eigenvalue weighted by Crippen LogP contribution is -2.44. The van der Waals surface area contributed by atoms with E-state index in [0.717, 1.165) is 32.1 Å². The average molecular weight is 406 g/mol. The average Bonchev–Trinajstić information content (AvgIpc) is 2.65. The molecule has 1 fully saturated rings. The van der Waals surface area contributed by atoms with Crippen molar-refractivity contribution >= 4 is 12.1 Å². The molecular weight excluding hydrogens is 366 g/mol. The van der Waals surface area contributed by atoms with Crippen molar-refractivity contribution < 1.29 is 19.1 Å². The van der Waals surface area contributed by atoms with E-state index in [1.807, 2.05) is 25.1 Å². The van der Waals surface area contributed by atoms with Crippen LogP contribution < -0.4 is 5.32 Å². The molecule has 5 nitrogen and oxygen atoms in total. The molecule has 2 rings (SSSR count). The van der Waals surface area contributed by atoms with Gasteiger partial charge in [-0.15, -0.1) is 0 Å². The van der Waals surface area contributed by atoms with Crippen LogP contribution in [0.2, 0.25) is 0 Å². The number of cyclic esters (lactones) is 1. The van der Waals surface area contributed by atoms with Crippen molar-refractivity contribution in [3.8, 4) is 0 Å². The number of hydrogen-bond acceptors (Lipinski definition) is 4. The molecule has 1 aromatic rings. The Morgan fingerprint density at radius 1 is 1.21 bits per heavy atom. The summed E-state index contributed by atoms with van der Waals surface area (Å²) in [6.07, 6.45) is 5.12. The molecule has 5 heteroatoms. The number of ether oxygens (including phenoxy) is 2. The number of amides is 1. The zero-order chi connectivity index (χ0) is 21.9. The van der Waals surface area contributed by atoms with Gasteiger partial charge in [0.25, 0.3) is 0 Å². The van der Waals surface area contributed by atoms with E-state index < -0.39 is 17.7 Å². The van der Waals surface area contributed by atoms with E-state index >= 15 is 0 Å². The van der Waals surface area contributed by atoms with E-state index in [-0.39, 0.29) is 12.1 Å². The number of aryl methyl sites for hydroxylation is 1. The van der Waals surface area contributed by atoms with Gasteiger partial charge >= 0.3 is 12.1 Å². The summed E-state index contributed by atoms with van der Waals surface area (Å²) in [5.74, 6) is 0.239. The smallest absolute Gasteiger partial charge is 0.408 e. The van der Waals surface area contributed by atoms with Crippen molar-refractivity contribution in [3.63, 3.8) is 0 Å². The fourth-order valence-corrected chi connectivity index (χ4v) is 3.43. The van der Waals surface area contributed by atoms with Gasteiger partial charge in [0.2, 0.25) is 0 Å². The van der Waals surface area contributed by atoms with Crippen LogP contribution in [0.3, 0.4) is 0 Å². The predicted octanol–water partition coefficient (Wildman–Crippen LogP) is 5.80. The van der Waals surface area contributed by atoms with Crippen molar-refractivity contribution in [1.82, 2.24) is 5.32 Å². The van der Waals surface area contributed by atoms with Crippen LogP contribution in [0, 0.1) is 12.8 Å². The molecule has 1 aromatic carbocycles. The lowest BCUT2D eigenvalue weighted by Gasteiger charge is -2.23. The van der Waals surface area contributed by atoms with E-state index in [2.05, 4.69) is 31.3 Å². The molecule has 3 atom stereocenters. The molecule has 1 heterocycles. The molecular formula is C24H39NO4. The van der Waals surface area contributed by atoms with Crippen LogP contribution in [0.25, 0.3) is 0 Å².